The fraction of sp³-hybridized carbons (Fsp3) is 0.391. The molecule has 0 aromatic heterocycles. The minimum atomic E-state index is -4.63. The number of Topliss-reactive ketones (excluding diaryl/α,β-unsaturated/α-hetero) is 1. The number of rotatable bonds is 10. The number of carbonyl (C=O) groups is 4. The van der Waals surface area contributed by atoms with E-state index in [0.29, 0.717) is 30.9 Å². The Morgan fingerprint density at radius 1 is 0.906 bits per heavy atom. The van der Waals surface area contributed by atoms with Gasteiger partial charge in [-0.1, -0.05) is 44.9 Å². The van der Waals surface area contributed by atoms with E-state index < -0.39 is 49.4 Å². The molecular formula is C23H26O8S. The zero-order valence-electron chi connectivity index (χ0n) is 18.3. The first-order valence-corrected chi connectivity index (χ1v) is 11.8. The summed E-state index contributed by atoms with van der Waals surface area (Å²) in [5.41, 5.74) is -1.33. The SMILES string of the molecule is CCCCOC(=O)C1=CC(=O)C(C(=O)OCCCC)=C(S(=O)(=O)c2ccccc2C)C1=O. The summed E-state index contributed by atoms with van der Waals surface area (Å²) in [4.78, 5) is 49.6. The Morgan fingerprint density at radius 2 is 1.47 bits per heavy atom. The van der Waals surface area contributed by atoms with Crippen molar-refractivity contribution >= 4 is 33.3 Å². The maximum Gasteiger partial charge on any atom is 0.343 e. The first kappa shape index (κ1) is 25.2. The van der Waals surface area contributed by atoms with E-state index in [0.717, 1.165) is 6.42 Å². The number of ketones is 2. The van der Waals surface area contributed by atoms with Crippen molar-refractivity contribution in [1.82, 2.24) is 0 Å². The highest BCUT2D eigenvalue weighted by Crippen LogP contribution is 2.31. The van der Waals surface area contributed by atoms with E-state index in [1.165, 1.54) is 25.1 Å². The molecule has 1 aliphatic rings. The van der Waals surface area contributed by atoms with E-state index in [9.17, 15) is 27.6 Å². The highest BCUT2D eigenvalue weighted by Gasteiger charge is 2.43. The molecule has 0 aliphatic heterocycles. The number of hydrogen-bond acceptors (Lipinski definition) is 8. The van der Waals surface area contributed by atoms with Crippen molar-refractivity contribution in [3.63, 3.8) is 0 Å². The van der Waals surface area contributed by atoms with Crippen molar-refractivity contribution < 1.29 is 37.1 Å². The Labute approximate surface area is 187 Å². The second kappa shape index (κ2) is 11.0. The predicted molar refractivity (Wildman–Crippen MR) is 115 cm³/mol. The van der Waals surface area contributed by atoms with E-state index in [4.69, 9.17) is 9.47 Å². The van der Waals surface area contributed by atoms with Crippen LogP contribution in [0.15, 0.2) is 51.3 Å². The number of allylic oxidation sites excluding steroid dienone is 2. The molecule has 1 aromatic carbocycles. The third-order valence-electron chi connectivity index (χ3n) is 4.74. The fourth-order valence-corrected chi connectivity index (χ4v) is 4.73. The second-order valence-corrected chi connectivity index (χ2v) is 9.06. The summed E-state index contributed by atoms with van der Waals surface area (Å²) in [7, 11) is -4.63. The van der Waals surface area contributed by atoms with Crippen LogP contribution in [0.3, 0.4) is 0 Å². The van der Waals surface area contributed by atoms with Gasteiger partial charge in [-0.3, -0.25) is 9.59 Å². The van der Waals surface area contributed by atoms with Gasteiger partial charge in [-0.2, -0.15) is 0 Å². The summed E-state index contributed by atoms with van der Waals surface area (Å²) < 4.78 is 36.9. The van der Waals surface area contributed by atoms with Crippen molar-refractivity contribution in [1.29, 1.82) is 0 Å². The van der Waals surface area contributed by atoms with Crippen molar-refractivity contribution in [3.8, 4) is 0 Å². The van der Waals surface area contributed by atoms with Crippen molar-refractivity contribution in [2.75, 3.05) is 13.2 Å². The highest BCUT2D eigenvalue weighted by atomic mass is 32.2. The van der Waals surface area contributed by atoms with E-state index in [1.54, 1.807) is 6.07 Å². The number of carbonyl (C=O) groups excluding carboxylic acids is 4. The molecule has 0 amide bonds. The summed E-state index contributed by atoms with van der Waals surface area (Å²) in [6.07, 6.45) is 3.08. The number of sulfone groups is 1. The average molecular weight is 463 g/mol. The molecule has 0 heterocycles. The fourth-order valence-electron chi connectivity index (χ4n) is 2.95. The average Bonchev–Trinajstić information content (AvgIpc) is 2.74. The summed E-state index contributed by atoms with van der Waals surface area (Å²) in [6.45, 7) is 5.19. The first-order chi connectivity index (χ1) is 15.2. The molecular weight excluding hydrogens is 436 g/mol. The smallest absolute Gasteiger partial charge is 0.343 e. The number of hydrogen-bond donors (Lipinski definition) is 0. The highest BCUT2D eigenvalue weighted by molar-refractivity contribution is 7.96. The molecule has 32 heavy (non-hydrogen) atoms. The van der Waals surface area contributed by atoms with Crippen LogP contribution in [0.25, 0.3) is 0 Å². The molecule has 0 spiro atoms. The lowest BCUT2D eigenvalue weighted by Crippen LogP contribution is -2.32. The van der Waals surface area contributed by atoms with Gasteiger partial charge in [-0.25, -0.2) is 18.0 Å². The van der Waals surface area contributed by atoms with Gasteiger partial charge in [0, 0.05) is 6.08 Å². The topological polar surface area (TPSA) is 121 Å². The van der Waals surface area contributed by atoms with Gasteiger partial charge in [-0.15, -0.1) is 0 Å². The molecule has 9 heteroatoms. The Morgan fingerprint density at radius 3 is 2.03 bits per heavy atom. The van der Waals surface area contributed by atoms with Crippen molar-refractivity contribution in [2.24, 2.45) is 0 Å². The molecule has 0 N–H and O–H groups in total. The van der Waals surface area contributed by atoms with Crippen LogP contribution in [-0.2, 0) is 38.5 Å². The summed E-state index contributed by atoms with van der Waals surface area (Å²) in [5, 5.41) is 0. The van der Waals surface area contributed by atoms with Crippen molar-refractivity contribution in [2.45, 2.75) is 51.3 Å². The monoisotopic (exact) mass is 462 g/mol. The minimum Gasteiger partial charge on any atom is -0.462 e. The Hall–Kier alpha value is -3.07. The normalized spacial score (nSPS) is 14.3. The quantitative estimate of drug-likeness (QED) is 0.225. The van der Waals surface area contributed by atoms with E-state index in [-0.39, 0.29) is 18.1 Å². The number of esters is 2. The molecule has 0 unspecified atom stereocenters. The maximum atomic E-state index is 13.4. The van der Waals surface area contributed by atoms with Gasteiger partial charge >= 0.3 is 11.9 Å². The van der Waals surface area contributed by atoms with E-state index in [1.807, 2.05) is 13.8 Å². The molecule has 0 saturated heterocycles. The molecule has 1 aliphatic carbocycles. The third kappa shape index (κ3) is 5.40. The molecule has 0 fully saturated rings. The summed E-state index contributed by atoms with van der Waals surface area (Å²) >= 11 is 0. The zero-order valence-corrected chi connectivity index (χ0v) is 19.1. The molecule has 0 bridgehead atoms. The second-order valence-electron chi connectivity index (χ2n) is 7.20. The van der Waals surface area contributed by atoms with Gasteiger partial charge in [0.15, 0.2) is 5.78 Å². The Kier molecular flexibility index (Phi) is 8.65. The van der Waals surface area contributed by atoms with Crippen LogP contribution in [0.1, 0.15) is 45.1 Å². The standard InChI is InChI=1S/C23H26O8S/c1-4-6-12-30-22(26)16-14-17(24)19(23(27)31-13-7-5-2)21(20(16)25)32(28,29)18-11-9-8-10-15(18)3/h8-11,14H,4-7,12-13H2,1-3H3. The number of aryl methyl sites for hydroxylation is 1. The largest absolute Gasteiger partial charge is 0.462 e. The van der Waals surface area contributed by atoms with E-state index >= 15 is 0 Å². The van der Waals surface area contributed by atoms with Gasteiger partial charge in [0.1, 0.15) is 16.1 Å². The van der Waals surface area contributed by atoms with Crippen LogP contribution in [0.4, 0.5) is 0 Å². The molecule has 2 rings (SSSR count). The predicted octanol–water partition coefficient (Wildman–Crippen LogP) is 2.79. The minimum absolute atomic E-state index is 0.00362. The van der Waals surface area contributed by atoms with Crippen LogP contribution in [0, 0.1) is 6.92 Å². The van der Waals surface area contributed by atoms with Crippen LogP contribution in [0.5, 0.6) is 0 Å². The molecule has 1 aromatic rings. The third-order valence-corrected chi connectivity index (χ3v) is 6.70. The number of unbranched alkanes of at least 4 members (excludes halogenated alkanes) is 2. The van der Waals surface area contributed by atoms with Crippen LogP contribution in [-0.4, -0.2) is 45.1 Å². The summed E-state index contributed by atoms with van der Waals surface area (Å²) in [6, 6.07) is 5.82. The number of benzene rings is 1. The Bertz CT molecular complexity index is 1090. The van der Waals surface area contributed by atoms with Gasteiger partial charge in [0.25, 0.3) is 0 Å². The van der Waals surface area contributed by atoms with Gasteiger partial charge < -0.3 is 9.47 Å². The van der Waals surface area contributed by atoms with Gasteiger partial charge in [0.2, 0.25) is 15.6 Å². The van der Waals surface area contributed by atoms with E-state index in [2.05, 4.69) is 0 Å². The number of ether oxygens (including phenoxy) is 2. The van der Waals surface area contributed by atoms with Crippen LogP contribution in [0.2, 0.25) is 0 Å². The zero-order chi connectivity index (χ0) is 23.9. The lowest BCUT2D eigenvalue weighted by molar-refractivity contribution is -0.143. The van der Waals surface area contributed by atoms with Crippen molar-refractivity contribution in [3.05, 3.63) is 52.0 Å². The van der Waals surface area contributed by atoms with Crippen LogP contribution >= 0.6 is 0 Å². The molecule has 172 valence electrons. The van der Waals surface area contributed by atoms with Gasteiger partial charge in [-0.05, 0) is 31.4 Å². The lowest BCUT2D eigenvalue weighted by Gasteiger charge is -2.19. The van der Waals surface area contributed by atoms with Gasteiger partial charge in [0.05, 0.1) is 18.1 Å². The molecule has 0 saturated carbocycles. The Balaban J connectivity index is 2.61. The molecule has 0 radical (unpaired) electrons. The summed E-state index contributed by atoms with van der Waals surface area (Å²) in [5.74, 6) is -4.70. The van der Waals surface area contributed by atoms with Crippen LogP contribution < -0.4 is 0 Å². The lowest BCUT2D eigenvalue weighted by atomic mass is 9.96. The molecule has 0 atom stereocenters. The maximum absolute atomic E-state index is 13.4. The first-order valence-electron chi connectivity index (χ1n) is 10.4. The molecule has 8 nitrogen and oxygen atoms in total.